The maximum atomic E-state index is 11.9. The highest BCUT2D eigenvalue weighted by Crippen LogP contribution is 2.18. The van der Waals surface area contributed by atoms with Crippen LogP contribution in [0.1, 0.15) is 45.1 Å². The van der Waals surface area contributed by atoms with Crippen LogP contribution in [0.25, 0.3) is 5.57 Å². The van der Waals surface area contributed by atoms with Gasteiger partial charge in [-0.05, 0) is 36.5 Å². The number of nitriles is 1. The van der Waals surface area contributed by atoms with Crippen molar-refractivity contribution in [3.63, 3.8) is 0 Å². The molecule has 0 aromatic heterocycles. The molecule has 2 rings (SSSR count). The number of likely N-dealkylation sites (N-methyl/N-ethyl adjacent to an activating group) is 1. The lowest BCUT2D eigenvalue weighted by Gasteiger charge is -2.17. The minimum absolute atomic E-state index is 0.222. The number of hydrogen-bond donors (Lipinski definition) is 1. The third kappa shape index (κ3) is 10.0. The van der Waals surface area contributed by atoms with Gasteiger partial charge in [-0.1, -0.05) is 38.8 Å². The highest BCUT2D eigenvalue weighted by atomic mass is 16.5. The number of benzene rings is 1. The van der Waals surface area contributed by atoms with Crippen LogP contribution in [0.4, 0.5) is 5.69 Å². The van der Waals surface area contributed by atoms with E-state index in [1.54, 1.807) is 0 Å². The van der Waals surface area contributed by atoms with Gasteiger partial charge in [0.05, 0.1) is 12.6 Å². The van der Waals surface area contributed by atoms with Crippen LogP contribution >= 0.6 is 0 Å². The molecule has 0 radical (unpaired) electrons. The summed E-state index contributed by atoms with van der Waals surface area (Å²) in [4.78, 5) is 27.2. The SMILES string of the molecule is CCCCC(CC)C(=O)[O-].CN(C)c1ccc(/C(C#N)=C/C(=O)OCC[N+]2(C)C=C[NH+]=C2)cc1. The van der Waals surface area contributed by atoms with Crippen molar-refractivity contribution in [2.24, 2.45) is 5.92 Å². The second-order valence-corrected chi connectivity index (χ2v) is 8.53. The van der Waals surface area contributed by atoms with Crippen LogP contribution in [0.5, 0.6) is 0 Å². The van der Waals surface area contributed by atoms with Crippen LogP contribution in [0, 0.1) is 17.2 Å². The molecule has 1 aliphatic rings. The highest BCUT2D eigenvalue weighted by Gasteiger charge is 2.24. The molecule has 0 amide bonds. The molecule has 0 fully saturated rings. The van der Waals surface area contributed by atoms with Crippen LogP contribution in [0.3, 0.4) is 0 Å². The molecule has 1 N–H and O–H groups in total. The smallest absolute Gasteiger partial charge is 0.335 e. The van der Waals surface area contributed by atoms with E-state index < -0.39 is 11.9 Å². The largest absolute Gasteiger partial charge is 0.550 e. The molecular formula is C26H37N4O4+. The van der Waals surface area contributed by atoms with E-state index in [0.717, 1.165) is 24.9 Å². The average Bonchev–Trinajstić information content (AvgIpc) is 3.24. The lowest BCUT2D eigenvalue weighted by Crippen LogP contribution is -2.62. The lowest BCUT2D eigenvalue weighted by atomic mass is 10.00. The van der Waals surface area contributed by atoms with E-state index in [0.29, 0.717) is 28.6 Å². The minimum Gasteiger partial charge on any atom is -0.550 e. The summed E-state index contributed by atoms with van der Waals surface area (Å²) in [6.07, 6.45) is 10.5. The van der Waals surface area contributed by atoms with Gasteiger partial charge in [0, 0.05) is 31.8 Å². The van der Waals surface area contributed by atoms with Crippen molar-refractivity contribution < 1.29 is 28.9 Å². The number of nitrogens with zero attached hydrogens (tertiary/aromatic N) is 3. The zero-order chi connectivity index (χ0) is 25.6. The normalized spacial score (nSPS) is 17.4. The Morgan fingerprint density at radius 1 is 1.26 bits per heavy atom. The molecule has 2 unspecified atom stereocenters. The van der Waals surface area contributed by atoms with Crippen LogP contribution < -0.4 is 15.0 Å². The zero-order valence-electron chi connectivity index (χ0n) is 20.9. The number of carboxylic acid groups (broad SMARTS) is 1. The van der Waals surface area contributed by atoms with Gasteiger partial charge in [-0.2, -0.15) is 10.3 Å². The Labute approximate surface area is 203 Å². The Morgan fingerprint density at radius 3 is 2.41 bits per heavy atom. The van der Waals surface area contributed by atoms with Gasteiger partial charge in [-0.25, -0.2) is 9.28 Å². The van der Waals surface area contributed by atoms with Crippen molar-refractivity contribution in [2.75, 3.05) is 39.2 Å². The number of aliphatic carboxylic acids is 1. The van der Waals surface area contributed by atoms with Crippen LogP contribution in [0.2, 0.25) is 0 Å². The number of rotatable bonds is 11. The number of carboxylic acids is 1. The summed E-state index contributed by atoms with van der Waals surface area (Å²) in [5.74, 6) is -1.62. The molecule has 1 heterocycles. The summed E-state index contributed by atoms with van der Waals surface area (Å²) in [7, 11) is 5.88. The third-order valence-electron chi connectivity index (χ3n) is 5.51. The number of carbonyl (C=O) groups is 2. The summed E-state index contributed by atoms with van der Waals surface area (Å²) in [5, 5.41) is 19.6. The van der Waals surface area contributed by atoms with Crippen molar-refractivity contribution >= 4 is 29.5 Å². The number of allylic oxidation sites excluding steroid dienone is 1. The predicted octanol–water partition coefficient (Wildman–Crippen LogP) is 1.20. The monoisotopic (exact) mass is 469 g/mol. The number of hydrogen-bond acceptors (Lipinski definition) is 6. The van der Waals surface area contributed by atoms with Gasteiger partial charge in [0.15, 0.2) is 6.20 Å². The van der Waals surface area contributed by atoms with Gasteiger partial charge in [0.1, 0.15) is 19.2 Å². The molecule has 1 aromatic rings. The Bertz CT molecular complexity index is 915. The Morgan fingerprint density at radius 2 is 1.94 bits per heavy atom. The molecule has 1 aliphatic heterocycles. The molecular weight excluding hydrogens is 432 g/mol. The number of esters is 1. The van der Waals surface area contributed by atoms with Gasteiger partial charge >= 0.3 is 12.3 Å². The standard InChI is InChI=1S/C18H21N4O2.C8H16O2/c1-21(2)17-6-4-15(5-7-17)16(13-19)12-18(23)24-11-10-22(3)9-8-20-14-22;1-3-5-6-7(4-2)8(9)10/h4-9,12,14H,10-11H2,1-3H3;7H,3-6H2,1-2H3,(H,9,10)/q+1;/b16-12+;. The predicted molar refractivity (Wildman–Crippen MR) is 131 cm³/mol. The first-order valence-electron chi connectivity index (χ1n) is 11.6. The first kappa shape index (κ1) is 28.6. The van der Waals surface area contributed by atoms with Crippen molar-refractivity contribution in [1.82, 2.24) is 0 Å². The van der Waals surface area contributed by atoms with Crippen molar-refractivity contribution in [3.8, 4) is 6.07 Å². The summed E-state index contributed by atoms with van der Waals surface area (Å²) < 4.78 is 5.76. The van der Waals surface area contributed by atoms with Gasteiger partial charge in [0.2, 0.25) is 6.20 Å². The fourth-order valence-corrected chi connectivity index (χ4v) is 3.17. The molecule has 8 nitrogen and oxygen atoms in total. The molecule has 184 valence electrons. The maximum Gasteiger partial charge on any atom is 0.335 e. The number of nitrogens with one attached hydrogen (secondary N) is 1. The summed E-state index contributed by atoms with van der Waals surface area (Å²) >= 11 is 0. The molecule has 0 aliphatic carbocycles. The fourth-order valence-electron chi connectivity index (χ4n) is 3.17. The number of unbranched alkanes of at least 4 members (excludes halogenated alkanes) is 1. The Balaban J connectivity index is 0.000000489. The van der Waals surface area contributed by atoms with E-state index >= 15 is 0 Å². The maximum absolute atomic E-state index is 11.9. The van der Waals surface area contributed by atoms with Crippen LogP contribution in [-0.4, -0.2) is 57.1 Å². The topological polar surface area (TPSA) is 107 Å². The van der Waals surface area contributed by atoms with E-state index in [1.165, 1.54) is 6.08 Å². The van der Waals surface area contributed by atoms with Gasteiger partial charge in [-0.3, -0.25) is 0 Å². The second kappa shape index (κ2) is 14.7. The molecule has 2 atom stereocenters. The average molecular weight is 470 g/mol. The Hall–Kier alpha value is -3.44. The van der Waals surface area contributed by atoms with Crippen molar-refractivity contribution in [2.45, 2.75) is 39.5 Å². The summed E-state index contributed by atoms with van der Waals surface area (Å²) in [6, 6.07) is 9.49. The zero-order valence-corrected chi connectivity index (χ0v) is 20.9. The van der Waals surface area contributed by atoms with E-state index in [-0.39, 0.29) is 12.5 Å². The molecule has 34 heavy (non-hydrogen) atoms. The fraction of sp³-hybridized carbons (Fsp3) is 0.462. The number of ether oxygens (including phenoxy) is 1. The lowest BCUT2D eigenvalue weighted by molar-refractivity contribution is -0.767. The highest BCUT2D eigenvalue weighted by molar-refractivity contribution is 5.95. The molecule has 0 saturated heterocycles. The first-order chi connectivity index (χ1) is 16.2. The van der Waals surface area contributed by atoms with Gasteiger partial charge < -0.3 is 19.5 Å². The third-order valence-corrected chi connectivity index (χ3v) is 5.51. The molecule has 0 bridgehead atoms. The Kier molecular flexibility index (Phi) is 12.3. The van der Waals surface area contributed by atoms with Crippen LogP contribution in [-0.2, 0) is 14.3 Å². The second-order valence-electron chi connectivity index (χ2n) is 8.53. The van der Waals surface area contributed by atoms with Crippen LogP contribution in [0.15, 0.2) is 42.7 Å². The van der Waals surface area contributed by atoms with E-state index in [9.17, 15) is 20.0 Å². The molecule has 0 saturated carbocycles. The van der Waals surface area contributed by atoms with Gasteiger partial charge in [0.25, 0.3) is 0 Å². The summed E-state index contributed by atoms with van der Waals surface area (Å²) in [5.41, 5.74) is 2.01. The first-order valence-corrected chi connectivity index (χ1v) is 11.6. The van der Waals surface area contributed by atoms with Crippen molar-refractivity contribution in [1.29, 1.82) is 5.26 Å². The summed E-state index contributed by atoms with van der Waals surface area (Å²) in [6.45, 7) is 4.84. The number of carbonyl (C=O) groups excluding carboxylic acids is 2. The number of quaternary nitrogens is 1. The van der Waals surface area contributed by atoms with E-state index in [2.05, 4.69) is 18.0 Å². The molecule has 1 aromatic carbocycles. The van der Waals surface area contributed by atoms with Gasteiger partial charge in [-0.15, -0.1) is 0 Å². The molecule has 8 heteroatoms. The molecule has 0 spiro atoms. The van der Waals surface area contributed by atoms with E-state index in [4.69, 9.17) is 4.74 Å². The minimum atomic E-state index is -0.893. The number of anilines is 1. The van der Waals surface area contributed by atoms with E-state index in [1.807, 2.05) is 76.0 Å². The van der Waals surface area contributed by atoms with Crippen molar-refractivity contribution in [3.05, 3.63) is 48.3 Å². The quantitative estimate of drug-likeness (QED) is 0.226.